The summed E-state index contributed by atoms with van der Waals surface area (Å²) in [6.45, 7) is 0. The molecule has 20 heavy (non-hydrogen) atoms. The maximum Gasteiger partial charge on any atom is 0.263 e. The molecule has 0 spiro atoms. The molecular weight excluding hydrogens is 301 g/mol. The van der Waals surface area contributed by atoms with Crippen LogP contribution >= 0.6 is 23.2 Å². The smallest absolute Gasteiger partial charge is 0.263 e. The summed E-state index contributed by atoms with van der Waals surface area (Å²) < 4.78 is 5.05. The van der Waals surface area contributed by atoms with Crippen molar-refractivity contribution in [2.24, 2.45) is 0 Å². The van der Waals surface area contributed by atoms with E-state index in [-0.39, 0.29) is 5.78 Å². The van der Waals surface area contributed by atoms with E-state index in [2.05, 4.69) is 15.2 Å². The van der Waals surface area contributed by atoms with Crippen LogP contribution < -0.4 is 0 Å². The normalized spacial score (nSPS) is 10.7. The largest absolute Gasteiger partial charge is 0.422 e. The molecule has 7 heteroatoms. The summed E-state index contributed by atoms with van der Waals surface area (Å²) in [6.07, 6.45) is 2.78. The van der Waals surface area contributed by atoms with Gasteiger partial charge in [-0.3, -0.25) is 4.79 Å². The van der Waals surface area contributed by atoms with E-state index in [1.165, 1.54) is 12.5 Å². The number of rotatable bonds is 3. The first-order valence-corrected chi connectivity index (χ1v) is 6.35. The second kappa shape index (κ2) is 5.11. The van der Waals surface area contributed by atoms with E-state index in [1.54, 1.807) is 24.4 Å². The Labute approximate surface area is 123 Å². The summed E-state index contributed by atoms with van der Waals surface area (Å²) in [5.41, 5.74) is 1.39. The van der Waals surface area contributed by atoms with Gasteiger partial charge in [0, 0.05) is 22.3 Å². The highest BCUT2D eigenvalue weighted by atomic mass is 35.5. The number of aromatic amines is 1. The maximum atomic E-state index is 12.3. The van der Waals surface area contributed by atoms with Crippen molar-refractivity contribution in [1.29, 1.82) is 0 Å². The average Bonchev–Trinajstić information content (AvgIpc) is 3.09. The Morgan fingerprint density at radius 1 is 1.25 bits per heavy atom. The number of H-pyrrole nitrogens is 1. The van der Waals surface area contributed by atoms with Crippen LogP contribution in [0, 0.1) is 0 Å². The van der Waals surface area contributed by atoms with E-state index in [0.29, 0.717) is 32.8 Å². The van der Waals surface area contributed by atoms with Crippen LogP contribution in [0.5, 0.6) is 0 Å². The minimum atomic E-state index is -0.214. The summed E-state index contributed by atoms with van der Waals surface area (Å²) in [5, 5.41) is 8.12. The number of aromatic nitrogens is 3. The van der Waals surface area contributed by atoms with Gasteiger partial charge in [-0.05, 0) is 24.3 Å². The van der Waals surface area contributed by atoms with Crippen molar-refractivity contribution in [2.75, 3.05) is 0 Å². The standard InChI is InChI=1S/C13H7Cl2N3O2/c14-8-1-2-9(10(15)4-8)12(19)7-3-11(16-5-7)13-18-17-6-20-13/h1-6,16H. The third-order valence-electron chi connectivity index (χ3n) is 2.71. The zero-order valence-electron chi connectivity index (χ0n) is 9.93. The Bertz CT molecular complexity index is 766. The van der Waals surface area contributed by atoms with E-state index in [9.17, 15) is 4.79 Å². The Morgan fingerprint density at radius 2 is 2.10 bits per heavy atom. The van der Waals surface area contributed by atoms with Gasteiger partial charge >= 0.3 is 0 Å². The monoisotopic (exact) mass is 307 g/mol. The molecule has 0 aliphatic carbocycles. The second-order valence-electron chi connectivity index (χ2n) is 4.00. The predicted octanol–water partition coefficient (Wildman–Crippen LogP) is 3.60. The van der Waals surface area contributed by atoms with Gasteiger partial charge in [0.05, 0.1) is 5.02 Å². The Morgan fingerprint density at radius 3 is 2.80 bits per heavy atom. The average molecular weight is 308 g/mol. The summed E-state index contributed by atoms with van der Waals surface area (Å²) in [6, 6.07) is 6.36. The minimum Gasteiger partial charge on any atom is -0.422 e. The number of hydrogen-bond donors (Lipinski definition) is 1. The number of nitrogens with zero attached hydrogens (tertiary/aromatic N) is 2. The van der Waals surface area contributed by atoms with Crippen LogP contribution in [0.1, 0.15) is 15.9 Å². The molecule has 1 aromatic carbocycles. The maximum absolute atomic E-state index is 12.3. The summed E-state index contributed by atoms with van der Waals surface area (Å²) in [5.74, 6) is 0.0972. The van der Waals surface area contributed by atoms with Gasteiger partial charge in [0.2, 0.25) is 6.39 Å². The molecule has 1 N–H and O–H groups in total. The number of halogens is 2. The number of ketones is 1. The second-order valence-corrected chi connectivity index (χ2v) is 4.84. The van der Waals surface area contributed by atoms with Gasteiger partial charge in [-0.25, -0.2) is 0 Å². The van der Waals surface area contributed by atoms with Gasteiger partial charge in [-0.2, -0.15) is 0 Å². The lowest BCUT2D eigenvalue weighted by Crippen LogP contribution is -2.00. The van der Waals surface area contributed by atoms with Crippen molar-refractivity contribution in [2.45, 2.75) is 0 Å². The molecule has 2 aromatic heterocycles. The van der Waals surface area contributed by atoms with E-state index < -0.39 is 0 Å². The molecule has 3 aromatic rings. The lowest BCUT2D eigenvalue weighted by molar-refractivity contribution is 0.103. The Kier molecular flexibility index (Phi) is 3.30. The molecule has 0 aliphatic rings. The SMILES string of the molecule is O=C(c1c[nH]c(-c2nnco2)c1)c1ccc(Cl)cc1Cl. The molecular formula is C13H7Cl2N3O2. The van der Waals surface area contributed by atoms with E-state index in [1.807, 2.05) is 0 Å². The lowest BCUT2D eigenvalue weighted by Gasteiger charge is -2.01. The third-order valence-corrected chi connectivity index (χ3v) is 3.26. The van der Waals surface area contributed by atoms with Gasteiger partial charge in [0.1, 0.15) is 5.69 Å². The van der Waals surface area contributed by atoms with Gasteiger partial charge in [-0.1, -0.05) is 23.2 Å². The first-order chi connectivity index (χ1) is 9.65. The highest BCUT2D eigenvalue weighted by molar-refractivity contribution is 6.37. The van der Waals surface area contributed by atoms with Crippen LogP contribution in [0.4, 0.5) is 0 Å². The lowest BCUT2D eigenvalue weighted by atomic mass is 10.1. The van der Waals surface area contributed by atoms with Crippen molar-refractivity contribution in [1.82, 2.24) is 15.2 Å². The summed E-state index contributed by atoms with van der Waals surface area (Å²) in [4.78, 5) is 15.3. The number of carbonyl (C=O) groups is 1. The fraction of sp³-hybridized carbons (Fsp3) is 0. The molecule has 0 amide bonds. The molecule has 0 atom stereocenters. The van der Waals surface area contributed by atoms with Crippen LogP contribution in [-0.2, 0) is 0 Å². The molecule has 0 saturated carbocycles. The van der Waals surface area contributed by atoms with Crippen molar-refractivity contribution < 1.29 is 9.21 Å². The number of benzene rings is 1. The summed E-state index contributed by atoms with van der Waals surface area (Å²) >= 11 is 11.8. The molecule has 0 radical (unpaired) electrons. The van der Waals surface area contributed by atoms with Gasteiger partial charge in [-0.15, -0.1) is 10.2 Å². The zero-order valence-corrected chi connectivity index (χ0v) is 11.4. The fourth-order valence-corrected chi connectivity index (χ4v) is 2.26. The Hall–Kier alpha value is -2.11. The van der Waals surface area contributed by atoms with Crippen LogP contribution in [-0.4, -0.2) is 21.0 Å². The quantitative estimate of drug-likeness (QED) is 0.750. The third kappa shape index (κ3) is 2.33. The molecule has 0 aliphatic heterocycles. The first kappa shape index (κ1) is 12.9. The summed E-state index contributed by atoms with van der Waals surface area (Å²) in [7, 11) is 0. The molecule has 2 heterocycles. The molecule has 5 nitrogen and oxygen atoms in total. The zero-order chi connectivity index (χ0) is 14.1. The Balaban J connectivity index is 1.95. The van der Waals surface area contributed by atoms with Crippen molar-refractivity contribution in [3.8, 4) is 11.6 Å². The highest BCUT2D eigenvalue weighted by Crippen LogP contribution is 2.25. The number of nitrogens with one attached hydrogen (secondary N) is 1. The molecule has 3 rings (SSSR count). The fourth-order valence-electron chi connectivity index (χ4n) is 1.77. The van der Waals surface area contributed by atoms with E-state index >= 15 is 0 Å². The number of hydrogen-bond acceptors (Lipinski definition) is 4. The number of carbonyl (C=O) groups excluding carboxylic acids is 1. The predicted molar refractivity (Wildman–Crippen MR) is 74.0 cm³/mol. The molecule has 100 valence electrons. The first-order valence-electron chi connectivity index (χ1n) is 5.60. The van der Waals surface area contributed by atoms with E-state index in [0.717, 1.165) is 0 Å². The van der Waals surface area contributed by atoms with Crippen LogP contribution in [0.15, 0.2) is 41.3 Å². The highest BCUT2D eigenvalue weighted by Gasteiger charge is 2.16. The van der Waals surface area contributed by atoms with Crippen molar-refractivity contribution in [3.63, 3.8) is 0 Å². The van der Waals surface area contributed by atoms with Crippen LogP contribution in [0.25, 0.3) is 11.6 Å². The molecule has 0 unspecified atom stereocenters. The van der Waals surface area contributed by atoms with Gasteiger partial charge in [0.25, 0.3) is 5.89 Å². The topological polar surface area (TPSA) is 71.8 Å². The van der Waals surface area contributed by atoms with Gasteiger partial charge < -0.3 is 9.40 Å². The van der Waals surface area contributed by atoms with Crippen molar-refractivity contribution >= 4 is 29.0 Å². The van der Waals surface area contributed by atoms with E-state index in [4.69, 9.17) is 27.6 Å². The molecule has 0 fully saturated rings. The van der Waals surface area contributed by atoms with Crippen LogP contribution in [0.2, 0.25) is 10.0 Å². The molecule has 0 bridgehead atoms. The molecule has 0 saturated heterocycles. The minimum absolute atomic E-state index is 0.214. The van der Waals surface area contributed by atoms with Gasteiger partial charge in [0.15, 0.2) is 5.78 Å². The van der Waals surface area contributed by atoms with Crippen LogP contribution in [0.3, 0.4) is 0 Å². The van der Waals surface area contributed by atoms with Crippen molar-refractivity contribution in [3.05, 3.63) is 58.0 Å².